The first-order valence-electron chi connectivity index (χ1n) is 5.90. The van der Waals surface area contributed by atoms with Crippen molar-refractivity contribution in [3.8, 4) is 0 Å². The number of amides is 1. The van der Waals surface area contributed by atoms with Crippen molar-refractivity contribution >= 4 is 5.91 Å². The third kappa shape index (κ3) is 3.07. The van der Waals surface area contributed by atoms with Crippen LogP contribution < -0.4 is 10.6 Å². The van der Waals surface area contributed by atoms with Crippen molar-refractivity contribution in [2.24, 2.45) is 5.92 Å². The Morgan fingerprint density at radius 1 is 1.25 bits per heavy atom. The van der Waals surface area contributed by atoms with Crippen LogP contribution in [0.15, 0.2) is 30.3 Å². The Bertz CT molecular complexity index is 331. The van der Waals surface area contributed by atoms with Gasteiger partial charge in [0.15, 0.2) is 0 Å². The minimum atomic E-state index is 0.0409. The zero-order chi connectivity index (χ0) is 11.2. The highest BCUT2D eigenvalue weighted by Crippen LogP contribution is 2.10. The smallest absolute Gasteiger partial charge is 0.251 e. The first-order chi connectivity index (χ1) is 7.86. The number of carbonyl (C=O) groups excluding carboxylic acids is 1. The molecule has 0 bridgehead atoms. The molecule has 1 aliphatic rings. The summed E-state index contributed by atoms with van der Waals surface area (Å²) in [5, 5.41) is 6.32. The Kier molecular flexibility index (Phi) is 3.94. The highest BCUT2D eigenvalue weighted by molar-refractivity contribution is 5.94. The second-order valence-electron chi connectivity index (χ2n) is 4.27. The average molecular weight is 218 g/mol. The highest BCUT2D eigenvalue weighted by atomic mass is 16.1. The normalized spacial score (nSPS) is 17.0. The minimum Gasteiger partial charge on any atom is -0.352 e. The minimum absolute atomic E-state index is 0.0409. The molecule has 0 unspecified atom stereocenters. The molecule has 3 nitrogen and oxygen atoms in total. The molecule has 1 aromatic carbocycles. The molecule has 1 heterocycles. The van der Waals surface area contributed by atoms with Crippen LogP contribution in [-0.2, 0) is 0 Å². The van der Waals surface area contributed by atoms with Gasteiger partial charge in [-0.2, -0.15) is 0 Å². The van der Waals surface area contributed by atoms with E-state index in [1.807, 2.05) is 30.3 Å². The summed E-state index contributed by atoms with van der Waals surface area (Å²) >= 11 is 0. The molecular formula is C13H18N2O. The lowest BCUT2D eigenvalue weighted by Gasteiger charge is -2.22. The van der Waals surface area contributed by atoms with E-state index in [1.54, 1.807) is 0 Å². The molecule has 3 heteroatoms. The zero-order valence-electron chi connectivity index (χ0n) is 9.41. The molecule has 0 aliphatic carbocycles. The van der Waals surface area contributed by atoms with Gasteiger partial charge in [-0.25, -0.2) is 0 Å². The van der Waals surface area contributed by atoms with Gasteiger partial charge in [-0.1, -0.05) is 18.2 Å². The van der Waals surface area contributed by atoms with Gasteiger partial charge in [0.1, 0.15) is 0 Å². The lowest BCUT2D eigenvalue weighted by Crippen LogP contribution is -2.35. The van der Waals surface area contributed by atoms with E-state index in [9.17, 15) is 4.79 Å². The molecule has 0 spiro atoms. The highest BCUT2D eigenvalue weighted by Gasteiger charge is 2.14. The Labute approximate surface area is 96.2 Å². The van der Waals surface area contributed by atoms with Crippen LogP contribution in [0.3, 0.4) is 0 Å². The van der Waals surface area contributed by atoms with E-state index < -0.39 is 0 Å². The molecular weight excluding hydrogens is 200 g/mol. The molecule has 2 N–H and O–H groups in total. The van der Waals surface area contributed by atoms with Gasteiger partial charge in [-0.15, -0.1) is 0 Å². The summed E-state index contributed by atoms with van der Waals surface area (Å²) in [4.78, 5) is 11.8. The van der Waals surface area contributed by atoms with Gasteiger partial charge in [0, 0.05) is 12.1 Å². The zero-order valence-corrected chi connectivity index (χ0v) is 9.41. The third-order valence-corrected chi connectivity index (χ3v) is 3.05. The number of nitrogens with one attached hydrogen (secondary N) is 2. The van der Waals surface area contributed by atoms with Crippen LogP contribution in [0, 0.1) is 5.92 Å². The Hall–Kier alpha value is -1.35. The molecule has 86 valence electrons. The van der Waals surface area contributed by atoms with Gasteiger partial charge < -0.3 is 10.6 Å². The molecule has 1 amide bonds. The van der Waals surface area contributed by atoms with E-state index in [0.29, 0.717) is 5.92 Å². The Morgan fingerprint density at radius 2 is 1.94 bits per heavy atom. The molecule has 16 heavy (non-hydrogen) atoms. The fourth-order valence-electron chi connectivity index (χ4n) is 2.01. The van der Waals surface area contributed by atoms with Gasteiger partial charge in [0.25, 0.3) is 5.91 Å². The molecule has 1 aromatic rings. The molecule has 2 rings (SSSR count). The van der Waals surface area contributed by atoms with E-state index in [1.165, 1.54) is 0 Å². The van der Waals surface area contributed by atoms with E-state index >= 15 is 0 Å². The fraction of sp³-hybridized carbons (Fsp3) is 0.462. The standard InChI is InChI=1S/C13H18N2O/c16-13(12-4-2-1-3-5-12)15-10-11-6-8-14-9-7-11/h1-5,11,14H,6-10H2,(H,15,16). The first-order valence-corrected chi connectivity index (χ1v) is 5.90. The number of rotatable bonds is 3. The summed E-state index contributed by atoms with van der Waals surface area (Å²) in [7, 11) is 0. The number of benzene rings is 1. The summed E-state index contributed by atoms with van der Waals surface area (Å²) in [6, 6.07) is 9.39. The van der Waals surface area contributed by atoms with Crippen LogP contribution in [0.25, 0.3) is 0 Å². The quantitative estimate of drug-likeness (QED) is 0.805. The molecule has 0 radical (unpaired) electrons. The van der Waals surface area contributed by atoms with Crippen LogP contribution in [0.2, 0.25) is 0 Å². The number of hydrogen-bond acceptors (Lipinski definition) is 2. The fourth-order valence-corrected chi connectivity index (χ4v) is 2.01. The van der Waals surface area contributed by atoms with E-state index in [4.69, 9.17) is 0 Å². The van der Waals surface area contributed by atoms with Gasteiger partial charge in [0.05, 0.1) is 0 Å². The van der Waals surface area contributed by atoms with Crippen LogP contribution in [-0.4, -0.2) is 25.5 Å². The largest absolute Gasteiger partial charge is 0.352 e. The molecule has 1 fully saturated rings. The Morgan fingerprint density at radius 3 is 2.62 bits per heavy atom. The van der Waals surface area contributed by atoms with Crippen LogP contribution in [0.5, 0.6) is 0 Å². The Balaban J connectivity index is 1.79. The first kappa shape index (κ1) is 11.1. The topological polar surface area (TPSA) is 41.1 Å². The van der Waals surface area contributed by atoms with Crippen molar-refractivity contribution in [2.75, 3.05) is 19.6 Å². The molecule has 0 aromatic heterocycles. The van der Waals surface area contributed by atoms with Crippen LogP contribution in [0.4, 0.5) is 0 Å². The number of carbonyl (C=O) groups is 1. The third-order valence-electron chi connectivity index (χ3n) is 3.05. The average Bonchev–Trinajstić information content (AvgIpc) is 2.38. The van der Waals surface area contributed by atoms with Crippen molar-refractivity contribution in [3.63, 3.8) is 0 Å². The molecule has 1 aliphatic heterocycles. The second-order valence-corrected chi connectivity index (χ2v) is 4.27. The summed E-state index contributed by atoms with van der Waals surface area (Å²) in [6.45, 7) is 2.95. The van der Waals surface area contributed by atoms with E-state index in [-0.39, 0.29) is 5.91 Å². The summed E-state index contributed by atoms with van der Waals surface area (Å²) in [5.41, 5.74) is 0.747. The lowest BCUT2D eigenvalue weighted by molar-refractivity contribution is 0.0944. The van der Waals surface area contributed by atoms with Crippen LogP contribution >= 0.6 is 0 Å². The maximum absolute atomic E-state index is 11.8. The van der Waals surface area contributed by atoms with Crippen molar-refractivity contribution in [3.05, 3.63) is 35.9 Å². The molecule has 0 atom stereocenters. The lowest BCUT2D eigenvalue weighted by atomic mass is 9.98. The van der Waals surface area contributed by atoms with Gasteiger partial charge in [0.2, 0.25) is 0 Å². The van der Waals surface area contributed by atoms with Crippen molar-refractivity contribution in [2.45, 2.75) is 12.8 Å². The maximum atomic E-state index is 11.8. The number of hydrogen-bond donors (Lipinski definition) is 2. The molecule has 1 saturated heterocycles. The SMILES string of the molecule is O=C(NCC1CCNCC1)c1ccccc1. The van der Waals surface area contributed by atoms with Crippen LogP contribution in [0.1, 0.15) is 23.2 Å². The predicted octanol–water partition coefficient (Wildman–Crippen LogP) is 1.42. The summed E-state index contributed by atoms with van der Waals surface area (Å²) in [6.07, 6.45) is 2.32. The summed E-state index contributed by atoms with van der Waals surface area (Å²) in [5.74, 6) is 0.674. The molecule has 0 saturated carbocycles. The number of piperidine rings is 1. The maximum Gasteiger partial charge on any atom is 0.251 e. The van der Waals surface area contributed by atoms with Gasteiger partial charge in [-0.3, -0.25) is 4.79 Å². The summed E-state index contributed by atoms with van der Waals surface area (Å²) < 4.78 is 0. The van der Waals surface area contributed by atoms with E-state index in [0.717, 1.165) is 38.0 Å². The van der Waals surface area contributed by atoms with E-state index in [2.05, 4.69) is 10.6 Å². The second kappa shape index (κ2) is 5.66. The monoisotopic (exact) mass is 218 g/mol. The van der Waals surface area contributed by atoms with Crippen molar-refractivity contribution in [1.82, 2.24) is 10.6 Å². The van der Waals surface area contributed by atoms with Gasteiger partial charge in [-0.05, 0) is 44.0 Å². The predicted molar refractivity (Wildman–Crippen MR) is 64.4 cm³/mol. The van der Waals surface area contributed by atoms with Gasteiger partial charge >= 0.3 is 0 Å². The van der Waals surface area contributed by atoms with Crippen molar-refractivity contribution in [1.29, 1.82) is 0 Å². The van der Waals surface area contributed by atoms with Crippen molar-refractivity contribution < 1.29 is 4.79 Å².